The maximum Gasteiger partial charge on any atom is 0.335 e. The fourth-order valence-corrected chi connectivity index (χ4v) is 2.96. The lowest BCUT2D eigenvalue weighted by molar-refractivity contribution is 0.0697. The number of fused-ring (bicyclic) bond motifs is 1. The molecule has 134 valence electrons. The second-order valence-electron chi connectivity index (χ2n) is 6.08. The molecule has 4 rings (SSSR count). The molecule has 0 aliphatic rings. The van der Waals surface area contributed by atoms with Crippen molar-refractivity contribution in [2.75, 3.05) is 7.11 Å². The molecule has 0 atom stereocenters. The zero-order valence-electron chi connectivity index (χ0n) is 14.4. The molecule has 0 saturated heterocycles. The number of phenols is 1. The van der Waals surface area contributed by atoms with Crippen LogP contribution in [0.5, 0.6) is 11.5 Å². The molecule has 3 N–H and O–H groups in total. The molecule has 6 nitrogen and oxygen atoms in total. The maximum absolute atomic E-state index is 11.1. The molecular weight excluding hydrogens is 344 g/mol. The minimum absolute atomic E-state index is 0.0878. The number of benzene rings is 3. The first-order valence-corrected chi connectivity index (χ1v) is 8.26. The van der Waals surface area contributed by atoms with Gasteiger partial charge in [0.1, 0.15) is 17.3 Å². The van der Waals surface area contributed by atoms with Gasteiger partial charge in [0.05, 0.1) is 29.3 Å². The van der Waals surface area contributed by atoms with Gasteiger partial charge >= 0.3 is 5.97 Å². The lowest BCUT2D eigenvalue weighted by Gasteiger charge is -2.07. The van der Waals surface area contributed by atoms with E-state index in [1.165, 1.54) is 12.1 Å². The van der Waals surface area contributed by atoms with E-state index in [4.69, 9.17) is 9.84 Å². The Morgan fingerprint density at radius 1 is 1.00 bits per heavy atom. The SMILES string of the molecule is COc1ccc(-c2ccc(O)c(-c3nc4ccc(C(=O)O)cc4[nH]3)c2)cc1. The standard InChI is InChI=1S/C21H16N2O4/c1-27-15-6-2-12(3-7-15)13-5-9-19(24)16(10-13)20-22-17-8-4-14(21(25)26)11-18(17)23-20/h2-11,24H,1H3,(H,22,23)(H,25,26). The van der Waals surface area contributed by atoms with Gasteiger partial charge in [0, 0.05) is 0 Å². The fourth-order valence-electron chi connectivity index (χ4n) is 2.96. The van der Waals surface area contributed by atoms with E-state index in [1.54, 1.807) is 19.2 Å². The van der Waals surface area contributed by atoms with Crippen LogP contribution in [-0.2, 0) is 0 Å². The van der Waals surface area contributed by atoms with Gasteiger partial charge in [-0.25, -0.2) is 9.78 Å². The van der Waals surface area contributed by atoms with E-state index < -0.39 is 5.97 Å². The molecule has 0 unspecified atom stereocenters. The third-order valence-electron chi connectivity index (χ3n) is 4.40. The zero-order valence-corrected chi connectivity index (χ0v) is 14.4. The molecule has 27 heavy (non-hydrogen) atoms. The van der Waals surface area contributed by atoms with Crippen molar-refractivity contribution in [2.24, 2.45) is 0 Å². The van der Waals surface area contributed by atoms with Crippen LogP contribution in [-0.4, -0.2) is 33.3 Å². The highest BCUT2D eigenvalue weighted by Crippen LogP contribution is 2.33. The van der Waals surface area contributed by atoms with Gasteiger partial charge in [-0.2, -0.15) is 0 Å². The number of aromatic nitrogens is 2. The summed E-state index contributed by atoms with van der Waals surface area (Å²) in [6.45, 7) is 0. The average molecular weight is 360 g/mol. The molecule has 0 aliphatic heterocycles. The van der Waals surface area contributed by atoms with E-state index in [2.05, 4.69) is 9.97 Å². The number of methoxy groups -OCH3 is 1. The molecule has 1 heterocycles. The number of ether oxygens (including phenoxy) is 1. The van der Waals surface area contributed by atoms with Gasteiger partial charge in [0.2, 0.25) is 0 Å². The van der Waals surface area contributed by atoms with Crippen molar-refractivity contribution < 1.29 is 19.7 Å². The summed E-state index contributed by atoms with van der Waals surface area (Å²) in [6.07, 6.45) is 0. The monoisotopic (exact) mass is 360 g/mol. The van der Waals surface area contributed by atoms with Crippen molar-refractivity contribution in [1.29, 1.82) is 0 Å². The molecule has 3 aromatic carbocycles. The molecule has 0 fully saturated rings. The topological polar surface area (TPSA) is 95.4 Å². The highest BCUT2D eigenvalue weighted by atomic mass is 16.5. The molecule has 0 aliphatic carbocycles. The van der Waals surface area contributed by atoms with Crippen molar-refractivity contribution in [3.8, 4) is 34.0 Å². The predicted octanol–water partition coefficient (Wildman–Crippen LogP) is 4.31. The van der Waals surface area contributed by atoms with Crippen LogP contribution in [0.3, 0.4) is 0 Å². The minimum atomic E-state index is -1.00. The van der Waals surface area contributed by atoms with E-state index in [9.17, 15) is 9.90 Å². The highest BCUT2D eigenvalue weighted by molar-refractivity contribution is 5.93. The fraction of sp³-hybridized carbons (Fsp3) is 0.0476. The van der Waals surface area contributed by atoms with Gasteiger partial charge in [0.25, 0.3) is 0 Å². The first-order valence-electron chi connectivity index (χ1n) is 8.26. The normalized spacial score (nSPS) is 10.9. The van der Waals surface area contributed by atoms with Gasteiger partial charge in [-0.1, -0.05) is 18.2 Å². The summed E-state index contributed by atoms with van der Waals surface area (Å²) in [6, 6.07) is 17.6. The minimum Gasteiger partial charge on any atom is -0.507 e. The van der Waals surface area contributed by atoms with Gasteiger partial charge < -0.3 is 19.9 Å². The van der Waals surface area contributed by atoms with E-state index in [0.29, 0.717) is 22.4 Å². The quantitative estimate of drug-likeness (QED) is 0.504. The van der Waals surface area contributed by atoms with Crippen LogP contribution in [0.4, 0.5) is 0 Å². The third-order valence-corrected chi connectivity index (χ3v) is 4.40. The maximum atomic E-state index is 11.1. The van der Waals surface area contributed by atoms with Crippen LogP contribution in [0.2, 0.25) is 0 Å². The number of rotatable bonds is 4. The molecule has 0 spiro atoms. The Balaban J connectivity index is 1.78. The van der Waals surface area contributed by atoms with E-state index >= 15 is 0 Å². The predicted molar refractivity (Wildman–Crippen MR) is 102 cm³/mol. The Morgan fingerprint density at radius 3 is 2.44 bits per heavy atom. The van der Waals surface area contributed by atoms with Crippen LogP contribution in [0.15, 0.2) is 60.7 Å². The number of nitrogens with one attached hydrogen (secondary N) is 1. The van der Waals surface area contributed by atoms with Crippen LogP contribution < -0.4 is 4.74 Å². The Hall–Kier alpha value is -3.80. The number of imidazole rings is 1. The summed E-state index contributed by atoms with van der Waals surface area (Å²) >= 11 is 0. The number of carbonyl (C=O) groups is 1. The lowest BCUT2D eigenvalue weighted by atomic mass is 10.0. The first kappa shape index (κ1) is 16.7. The van der Waals surface area contributed by atoms with Gasteiger partial charge in [-0.15, -0.1) is 0 Å². The van der Waals surface area contributed by atoms with Crippen LogP contribution in [0.25, 0.3) is 33.5 Å². The van der Waals surface area contributed by atoms with Crippen molar-refractivity contribution >= 4 is 17.0 Å². The second kappa shape index (κ2) is 6.49. The summed E-state index contributed by atoms with van der Waals surface area (Å²) in [5, 5.41) is 19.4. The number of aromatic carboxylic acids is 1. The molecular formula is C21H16N2O4. The number of hydrogen-bond acceptors (Lipinski definition) is 4. The smallest absolute Gasteiger partial charge is 0.335 e. The number of carboxylic acid groups (broad SMARTS) is 1. The number of carboxylic acids is 1. The Labute approximate surface area is 154 Å². The molecule has 0 amide bonds. The Kier molecular flexibility index (Phi) is 4.01. The average Bonchev–Trinajstić information content (AvgIpc) is 3.11. The summed E-state index contributed by atoms with van der Waals surface area (Å²) in [5.41, 5.74) is 3.83. The van der Waals surface area contributed by atoms with E-state index in [-0.39, 0.29) is 11.3 Å². The number of phenolic OH excluding ortho intramolecular Hbond substituents is 1. The molecule has 1 aromatic heterocycles. The Morgan fingerprint density at radius 2 is 1.74 bits per heavy atom. The number of nitrogens with zero attached hydrogens (tertiary/aromatic N) is 1. The van der Waals surface area contributed by atoms with Crippen molar-refractivity contribution in [1.82, 2.24) is 9.97 Å². The van der Waals surface area contributed by atoms with Crippen molar-refractivity contribution in [3.05, 3.63) is 66.2 Å². The molecule has 4 aromatic rings. The Bertz CT molecular complexity index is 1150. The number of hydrogen-bond donors (Lipinski definition) is 3. The van der Waals surface area contributed by atoms with Crippen LogP contribution in [0.1, 0.15) is 10.4 Å². The largest absolute Gasteiger partial charge is 0.507 e. The lowest BCUT2D eigenvalue weighted by Crippen LogP contribution is -1.94. The number of H-pyrrole nitrogens is 1. The number of aromatic hydroxyl groups is 1. The third kappa shape index (κ3) is 3.08. The van der Waals surface area contributed by atoms with Gasteiger partial charge in [0.15, 0.2) is 0 Å². The molecule has 0 bridgehead atoms. The summed E-state index contributed by atoms with van der Waals surface area (Å²) in [5.74, 6) is 0.326. The van der Waals surface area contributed by atoms with Crippen LogP contribution >= 0.6 is 0 Å². The molecule has 6 heteroatoms. The van der Waals surface area contributed by atoms with Gasteiger partial charge in [-0.3, -0.25) is 0 Å². The number of aromatic amines is 1. The molecule has 0 radical (unpaired) electrons. The summed E-state index contributed by atoms with van der Waals surface area (Å²) < 4.78 is 5.18. The second-order valence-corrected chi connectivity index (χ2v) is 6.08. The highest BCUT2D eigenvalue weighted by Gasteiger charge is 2.13. The van der Waals surface area contributed by atoms with Gasteiger partial charge in [-0.05, 0) is 53.6 Å². The summed E-state index contributed by atoms with van der Waals surface area (Å²) in [7, 11) is 1.62. The van der Waals surface area contributed by atoms with E-state index in [1.807, 2.05) is 36.4 Å². The molecule has 0 saturated carbocycles. The van der Waals surface area contributed by atoms with Crippen molar-refractivity contribution in [3.63, 3.8) is 0 Å². The van der Waals surface area contributed by atoms with E-state index in [0.717, 1.165) is 16.9 Å². The van der Waals surface area contributed by atoms with Crippen LogP contribution in [0, 0.1) is 0 Å². The van der Waals surface area contributed by atoms with Crippen molar-refractivity contribution in [2.45, 2.75) is 0 Å². The summed E-state index contributed by atoms with van der Waals surface area (Å²) in [4.78, 5) is 18.7. The zero-order chi connectivity index (χ0) is 19.0. The first-order chi connectivity index (χ1) is 13.0.